The van der Waals surface area contributed by atoms with E-state index < -0.39 is 0 Å². The van der Waals surface area contributed by atoms with Crippen LogP contribution in [0.5, 0.6) is 0 Å². The maximum absolute atomic E-state index is 12.3. The quantitative estimate of drug-likeness (QED) is 0.541. The Balaban J connectivity index is 1.56. The Morgan fingerprint density at radius 2 is 1.85 bits per heavy atom. The minimum absolute atomic E-state index is 0.0201. The predicted molar refractivity (Wildman–Crippen MR) is 108 cm³/mol. The van der Waals surface area contributed by atoms with Gasteiger partial charge in [0.15, 0.2) is 0 Å². The van der Waals surface area contributed by atoms with E-state index in [2.05, 4.69) is 55.6 Å². The molecule has 0 heterocycles. The van der Waals surface area contributed by atoms with E-state index in [1.807, 2.05) is 0 Å². The molecule has 1 N–H and O–H groups in total. The van der Waals surface area contributed by atoms with Crippen LogP contribution in [-0.4, -0.2) is 12.1 Å². The van der Waals surface area contributed by atoms with Crippen LogP contribution in [0.4, 0.5) is 0 Å². The third-order valence-corrected chi connectivity index (χ3v) is 5.24. The van der Waals surface area contributed by atoms with Crippen molar-refractivity contribution < 1.29 is 4.79 Å². The van der Waals surface area contributed by atoms with Gasteiger partial charge >= 0.3 is 0 Å². The number of hydrazone groups is 1. The molecule has 0 saturated heterocycles. The molecule has 1 amide bonds. The average molecular weight is 389 g/mol. The summed E-state index contributed by atoms with van der Waals surface area (Å²) < 4.78 is 0. The van der Waals surface area contributed by atoms with Crippen LogP contribution in [0.3, 0.4) is 0 Å². The fraction of sp³-hybridized carbons (Fsp3) is 0.333. The lowest BCUT2D eigenvalue weighted by Crippen LogP contribution is -2.20. The summed E-state index contributed by atoms with van der Waals surface area (Å²) in [6, 6.07) is 13.7. The van der Waals surface area contributed by atoms with Crippen LogP contribution in [-0.2, 0) is 10.2 Å². The molecule has 3 rings (SSSR count). The average Bonchev–Trinajstić information content (AvgIpc) is 3.37. The number of nitrogens with zero attached hydrogens (tertiary/aromatic N) is 1. The number of carbonyl (C=O) groups is 1. The lowest BCUT2D eigenvalue weighted by Gasteiger charge is -2.19. The van der Waals surface area contributed by atoms with Crippen LogP contribution < -0.4 is 5.43 Å². The molecule has 2 aromatic carbocycles. The largest absolute Gasteiger partial charge is 0.273 e. The van der Waals surface area contributed by atoms with E-state index in [1.165, 1.54) is 17.3 Å². The molecule has 0 bridgehead atoms. The Kier molecular flexibility index (Phi) is 5.40. The van der Waals surface area contributed by atoms with Crippen LogP contribution in [0, 0.1) is 5.92 Å². The van der Waals surface area contributed by atoms with E-state index in [-0.39, 0.29) is 23.2 Å². The molecule has 5 heteroatoms. The minimum Gasteiger partial charge on any atom is -0.273 e. The van der Waals surface area contributed by atoms with E-state index in [1.54, 1.807) is 18.2 Å². The number of benzene rings is 2. The number of amides is 1. The van der Waals surface area contributed by atoms with Crippen molar-refractivity contribution in [2.75, 3.05) is 0 Å². The third kappa shape index (κ3) is 4.46. The van der Waals surface area contributed by atoms with Gasteiger partial charge in [0, 0.05) is 16.5 Å². The van der Waals surface area contributed by atoms with Gasteiger partial charge in [-0.1, -0.05) is 74.3 Å². The first kappa shape index (κ1) is 18.9. The molecule has 0 radical (unpaired) electrons. The Morgan fingerprint density at radius 3 is 2.46 bits per heavy atom. The van der Waals surface area contributed by atoms with Gasteiger partial charge in [-0.15, -0.1) is 0 Å². The zero-order valence-electron chi connectivity index (χ0n) is 15.1. The minimum atomic E-state index is -0.0590. The van der Waals surface area contributed by atoms with Crippen LogP contribution in [0.25, 0.3) is 0 Å². The van der Waals surface area contributed by atoms with E-state index in [4.69, 9.17) is 23.2 Å². The maximum atomic E-state index is 12.3. The third-order valence-electron chi connectivity index (χ3n) is 4.67. The number of halogens is 2. The highest BCUT2D eigenvalue weighted by Gasteiger charge is 2.43. The standard InChI is InChI=1S/C21H22Cl2N2O/c1-21(2,3)15-7-4-13(5-8-15)17-11-18(17)20(26)25-24-12-14-6-9-16(22)10-19(14)23/h4-10,12,17-18H,11H2,1-3H3,(H,25,26). The summed E-state index contributed by atoms with van der Waals surface area (Å²) in [6.45, 7) is 6.58. The van der Waals surface area contributed by atoms with E-state index in [0.29, 0.717) is 15.6 Å². The molecular formula is C21H22Cl2N2O. The van der Waals surface area contributed by atoms with Crippen LogP contribution >= 0.6 is 23.2 Å². The highest BCUT2D eigenvalue weighted by atomic mass is 35.5. The van der Waals surface area contributed by atoms with Gasteiger partial charge in [-0.2, -0.15) is 5.10 Å². The number of hydrogen-bond donors (Lipinski definition) is 1. The molecule has 3 nitrogen and oxygen atoms in total. The van der Waals surface area contributed by atoms with Crippen LogP contribution in [0.15, 0.2) is 47.6 Å². The lowest BCUT2D eigenvalue weighted by atomic mass is 9.86. The molecule has 1 aliphatic rings. The van der Waals surface area contributed by atoms with Crippen LogP contribution in [0.2, 0.25) is 10.0 Å². The molecule has 2 unspecified atom stereocenters. The maximum Gasteiger partial charge on any atom is 0.243 e. The monoisotopic (exact) mass is 388 g/mol. The summed E-state index contributed by atoms with van der Waals surface area (Å²) in [5.74, 6) is 0.197. The molecule has 1 fully saturated rings. The van der Waals surface area contributed by atoms with E-state index in [9.17, 15) is 4.79 Å². The summed E-state index contributed by atoms with van der Waals surface area (Å²) in [7, 11) is 0. The normalized spacial score (nSPS) is 19.6. The van der Waals surface area contributed by atoms with Gasteiger partial charge in [-0.25, -0.2) is 5.43 Å². The fourth-order valence-corrected chi connectivity index (χ4v) is 3.40. The smallest absolute Gasteiger partial charge is 0.243 e. The molecule has 0 aromatic heterocycles. The zero-order chi connectivity index (χ0) is 18.9. The van der Waals surface area contributed by atoms with Gasteiger partial charge in [0.05, 0.1) is 11.2 Å². The highest BCUT2D eigenvalue weighted by Crippen LogP contribution is 2.47. The summed E-state index contributed by atoms with van der Waals surface area (Å²) in [5.41, 5.74) is 5.96. The van der Waals surface area contributed by atoms with E-state index in [0.717, 1.165) is 6.42 Å². The first-order valence-electron chi connectivity index (χ1n) is 8.64. The molecule has 1 aliphatic carbocycles. The van der Waals surface area contributed by atoms with Gasteiger partial charge < -0.3 is 0 Å². The second-order valence-corrected chi connectivity index (χ2v) is 8.56. The summed E-state index contributed by atoms with van der Waals surface area (Å²) in [6.07, 6.45) is 2.39. The fourth-order valence-electron chi connectivity index (χ4n) is 2.94. The Morgan fingerprint density at radius 1 is 1.15 bits per heavy atom. The first-order valence-corrected chi connectivity index (χ1v) is 9.40. The van der Waals surface area contributed by atoms with Crippen molar-refractivity contribution in [3.05, 3.63) is 69.2 Å². The molecule has 26 heavy (non-hydrogen) atoms. The Labute approximate surface area is 164 Å². The second kappa shape index (κ2) is 7.42. The van der Waals surface area contributed by atoms with Gasteiger partial charge in [0.25, 0.3) is 0 Å². The number of hydrogen-bond acceptors (Lipinski definition) is 2. The predicted octanol–water partition coefficient (Wildman–Crippen LogP) is 5.54. The second-order valence-electron chi connectivity index (χ2n) is 7.72. The molecule has 136 valence electrons. The summed E-state index contributed by atoms with van der Waals surface area (Å²) in [5, 5.41) is 5.08. The molecule has 0 spiro atoms. The van der Waals surface area contributed by atoms with Gasteiger partial charge in [-0.05, 0) is 41.0 Å². The van der Waals surface area contributed by atoms with Gasteiger partial charge in [0.2, 0.25) is 5.91 Å². The van der Waals surface area contributed by atoms with Crippen molar-refractivity contribution in [3.8, 4) is 0 Å². The van der Waals surface area contributed by atoms with Crippen molar-refractivity contribution in [3.63, 3.8) is 0 Å². The van der Waals surface area contributed by atoms with Crippen molar-refractivity contribution >= 4 is 35.3 Å². The first-order chi connectivity index (χ1) is 12.3. The Bertz CT molecular complexity index is 838. The van der Waals surface area contributed by atoms with Crippen molar-refractivity contribution in [1.29, 1.82) is 0 Å². The Hall–Kier alpha value is -1.84. The zero-order valence-corrected chi connectivity index (χ0v) is 16.6. The molecular weight excluding hydrogens is 367 g/mol. The molecule has 0 aliphatic heterocycles. The topological polar surface area (TPSA) is 41.5 Å². The summed E-state index contributed by atoms with van der Waals surface area (Å²) in [4.78, 5) is 12.3. The number of carbonyl (C=O) groups excluding carboxylic acids is 1. The van der Waals surface area contributed by atoms with Crippen molar-refractivity contribution in [2.45, 2.75) is 38.5 Å². The van der Waals surface area contributed by atoms with E-state index >= 15 is 0 Å². The number of rotatable bonds is 4. The van der Waals surface area contributed by atoms with Gasteiger partial charge in [0.1, 0.15) is 0 Å². The lowest BCUT2D eigenvalue weighted by molar-refractivity contribution is -0.122. The van der Waals surface area contributed by atoms with Crippen molar-refractivity contribution in [1.82, 2.24) is 5.43 Å². The molecule has 2 atom stereocenters. The highest BCUT2D eigenvalue weighted by molar-refractivity contribution is 6.36. The molecule has 2 aromatic rings. The SMILES string of the molecule is CC(C)(C)c1ccc(C2CC2C(=O)NN=Cc2ccc(Cl)cc2Cl)cc1. The summed E-state index contributed by atoms with van der Waals surface area (Å²) >= 11 is 11.9. The van der Waals surface area contributed by atoms with Gasteiger partial charge in [-0.3, -0.25) is 4.79 Å². The molecule has 1 saturated carbocycles. The number of nitrogens with one attached hydrogen (secondary N) is 1. The van der Waals surface area contributed by atoms with Crippen molar-refractivity contribution in [2.24, 2.45) is 11.0 Å². The van der Waals surface area contributed by atoms with Crippen LogP contribution in [0.1, 0.15) is 49.8 Å².